The number of piperazine rings is 1. The topological polar surface area (TPSA) is 51.2 Å². The largest absolute Gasteiger partial charge is 0.357 e. The molecule has 0 aliphatic carbocycles. The summed E-state index contributed by atoms with van der Waals surface area (Å²) in [6.45, 7) is 12.0. The van der Waals surface area contributed by atoms with Crippen molar-refractivity contribution in [1.29, 1.82) is 0 Å². The zero-order valence-corrected chi connectivity index (χ0v) is 17.5. The first-order chi connectivity index (χ1) is 13.7. The molecule has 1 amide bonds. The van der Waals surface area contributed by atoms with E-state index in [1.807, 2.05) is 4.90 Å². The number of nitrogens with zero attached hydrogens (tertiary/aromatic N) is 4. The molecule has 1 aromatic carbocycles. The van der Waals surface area contributed by atoms with Crippen LogP contribution >= 0.6 is 0 Å². The zero-order chi connectivity index (χ0) is 19.8. The van der Waals surface area contributed by atoms with Crippen LogP contribution in [0, 0.1) is 0 Å². The molecule has 0 radical (unpaired) electrons. The van der Waals surface area contributed by atoms with Gasteiger partial charge in [-0.15, -0.1) is 0 Å². The molecule has 2 saturated heterocycles. The maximum absolute atomic E-state index is 11.5. The van der Waals surface area contributed by atoms with Gasteiger partial charge in [0.2, 0.25) is 5.91 Å². The smallest absolute Gasteiger partial charge is 0.219 e. The van der Waals surface area contributed by atoms with Gasteiger partial charge < -0.3 is 15.1 Å². The Labute approximate surface area is 169 Å². The number of guanidine groups is 1. The van der Waals surface area contributed by atoms with Gasteiger partial charge in [-0.1, -0.05) is 30.7 Å². The SMILES string of the molecule is CCNC(=NCc1ccc(CN2CCCCC2)cc1)N1CCN(C(C)=O)CC1. The number of hydrogen-bond acceptors (Lipinski definition) is 3. The van der Waals surface area contributed by atoms with Crippen LogP contribution in [0.25, 0.3) is 0 Å². The Bertz CT molecular complexity index is 643. The third-order valence-corrected chi connectivity index (χ3v) is 5.65. The van der Waals surface area contributed by atoms with Gasteiger partial charge in [0.05, 0.1) is 6.54 Å². The van der Waals surface area contributed by atoms with Crippen LogP contribution in [0.1, 0.15) is 44.2 Å². The molecule has 0 aromatic heterocycles. The van der Waals surface area contributed by atoms with Gasteiger partial charge in [-0.3, -0.25) is 9.69 Å². The van der Waals surface area contributed by atoms with E-state index < -0.39 is 0 Å². The molecular formula is C22H35N5O. The van der Waals surface area contributed by atoms with Crippen LogP contribution in [-0.4, -0.2) is 72.4 Å². The van der Waals surface area contributed by atoms with Crippen molar-refractivity contribution in [3.63, 3.8) is 0 Å². The number of amides is 1. The van der Waals surface area contributed by atoms with E-state index in [4.69, 9.17) is 4.99 Å². The molecule has 0 atom stereocenters. The van der Waals surface area contributed by atoms with Crippen molar-refractivity contribution < 1.29 is 4.79 Å². The van der Waals surface area contributed by atoms with E-state index in [9.17, 15) is 4.79 Å². The molecule has 2 fully saturated rings. The molecular weight excluding hydrogens is 350 g/mol. The van der Waals surface area contributed by atoms with Gasteiger partial charge in [-0.2, -0.15) is 0 Å². The van der Waals surface area contributed by atoms with Crippen molar-refractivity contribution in [2.24, 2.45) is 4.99 Å². The number of hydrogen-bond donors (Lipinski definition) is 1. The maximum atomic E-state index is 11.5. The molecule has 2 aliphatic heterocycles. The maximum Gasteiger partial charge on any atom is 0.219 e. The fraction of sp³-hybridized carbons (Fsp3) is 0.636. The van der Waals surface area contributed by atoms with Gasteiger partial charge in [0.25, 0.3) is 0 Å². The average Bonchev–Trinajstić information content (AvgIpc) is 2.73. The van der Waals surface area contributed by atoms with E-state index in [0.29, 0.717) is 6.54 Å². The molecule has 6 nitrogen and oxygen atoms in total. The number of benzene rings is 1. The predicted molar refractivity (Wildman–Crippen MR) is 114 cm³/mol. The van der Waals surface area contributed by atoms with E-state index >= 15 is 0 Å². The first-order valence-electron chi connectivity index (χ1n) is 10.7. The van der Waals surface area contributed by atoms with E-state index in [2.05, 4.69) is 46.3 Å². The van der Waals surface area contributed by atoms with Crippen molar-refractivity contribution in [2.75, 3.05) is 45.8 Å². The highest BCUT2D eigenvalue weighted by Gasteiger charge is 2.20. The lowest BCUT2D eigenvalue weighted by Crippen LogP contribution is -2.53. The first-order valence-corrected chi connectivity index (χ1v) is 10.7. The molecule has 0 bridgehead atoms. The standard InChI is InChI=1S/C22H35N5O/c1-3-23-22(27-15-13-26(14-16-27)19(2)28)24-17-20-7-9-21(10-8-20)18-25-11-5-4-6-12-25/h7-10H,3-6,11-18H2,1-2H3,(H,23,24). The van der Waals surface area contributed by atoms with Crippen LogP contribution in [0.15, 0.2) is 29.3 Å². The highest BCUT2D eigenvalue weighted by Crippen LogP contribution is 2.14. The molecule has 28 heavy (non-hydrogen) atoms. The summed E-state index contributed by atoms with van der Waals surface area (Å²) in [6, 6.07) is 8.91. The molecule has 2 aliphatic rings. The van der Waals surface area contributed by atoms with Crippen LogP contribution in [0.2, 0.25) is 0 Å². The van der Waals surface area contributed by atoms with Crippen LogP contribution in [0.3, 0.4) is 0 Å². The summed E-state index contributed by atoms with van der Waals surface area (Å²) in [5.41, 5.74) is 2.63. The summed E-state index contributed by atoms with van der Waals surface area (Å²) in [5.74, 6) is 1.11. The second kappa shape index (κ2) is 10.5. The van der Waals surface area contributed by atoms with Gasteiger partial charge in [0, 0.05) is 46.2 Å². The number of carbonyl (C=O) groups excluding carboxylic acids is 1. The zero-order valence-electron chi connectivity index (χ0n) is 17.5. The third-order valence-electron chi connectivity index (χ3n) is 5.65. The molecule has 0 spiro atoms. The lowest BCUT2D eigenvalue weighted by atomic mass is 10.1. The summed E-state index contributed by atoms with van der Waals surface area (Å²) in [6.07, 6.45) is 4.05. The normalized spacial score (nSPS) is 19.0. The Morgan fingerprint density at radius 2 is 1.54 bits per heavy atom. The van der Waals surface area contributed by atoms with E-state index in [1.54, 1.807) is 6.92 Å². The number of aliphatic imine (C=N–C) groups is 1. The monoisotopic (exact) mass is 385 g/mol. The molecule has 0 saturated carbocycles. The molecule has 1 N–H and O–H groups in total. The molecule has 6 heteroatoms. The van der Waals surface area contributed by atoms with Crippen LogP contribution < -0.4 is 5.32 Å². The summed E-state index contributed by atoms with van der Waals surface area (Å²) in [4.78, 5) is 23.1. The average molecular weight is 386 g/mol. The van der Waals surface area contributed by atoms with Gasteiger partial charge in [0.15, 0.2) is 5.96 Å². The Balaban J connectivity index is 1.54. The lowest BCUT2D eigenvalue weighted by Gasteiger charge is -2.36. The van der Waals surface area contributed by atoms with Gasteiger partial charge in [-0.05, 0) is 44.0 Å². The van der Waals surface area contributed by atoms with Crippen LogP contribution in [-0.2, 0) is 17.9 Å². The van der Waals surface area contributed by atoms with Crippen LogP contribution in [0.5, 0.6) is 0 Å². The van der Waals surface area contributed by atoms with Gasteiger partial charge in [0.1, 0.15) is 0 Å². The first kappa shape index (κ1) is 20.6. The van der Waals surface area contributed by atoms with Crippen molar-refractivity contribution in [2.45, 2.75) is 46.2 Å². The highest BCUT2D eigenvalue weighted by molar-refractivity contribution is 5.80. The third kappa shape index (κ3) is 5.96. The van der Waals surface area contributed by atoms with E-state index in [0.717, 1.165) is 45.2 Å². The van der Waals surface area contributed by atoms with Crippen molar-refractivity contribution in [3.8, 4) is 0 Å². The Kier molecular flexibility index (Phi) is 7.71. The molecule has 2 heterocycles. The van der Waals surface area contributed by atoms with Crippen molar-refractivity contribution in [3.05, 3.63) is 35.4 Å². The molecule has 0 unspecified atom stereocenters. The molecule has 3 rings (SSSR count). The fourth-order valence-electron chi connectivity index (χ4n) is 3.95. The summed E-state index contributed by atoms with van der Waals surface area (Å²) < 4.78 is 0. The Hall–Kier alpha value is -2.08. The van der Waals surface area contributed by atoms with Crippen molar-refractivity contribution in [1.82, 2.24) is 20.0 Å². The minimum Gasteiger partial charge on any atom is -0.357 e. The number of piperidine rings is 1. The molecule has 154 valence electrons. The second-order valence-electron chi connectivity index (χ2n) is 7.82. The highest BCUT2D eigenvalue weighted by atomic mass is 16.2. The number of nitrogens with one attached hydrogen (secondary N) is 1. The summed E-state index contributed by atoms with van der Waals surface area (Å²) in [7, 11) is 0. The van der Waals surface area contributed by atoms with E-state index in [-0.39, 0.29) is 5.91 Å². The number of rotatable bonds is 5. The van der Waals surface area contributed by atoms with Crippen molar-refractivity contribution >= 4 is 11.9 Å². The summed E-state index contributed by atoms with van der Waals surface area (Å²) in [5, 5.41) is 3.40. The molecule has 1 aromatic rings. The predicted octanol–water partition coefficient (Wildman–Crippen LogP) is 2.30. The Morgan fingerprint density at radius 3 is 2.14 bits per heavy atom. The number of carbonyl (C=O) groups is 1. The minimum absolute atomic E-state index is 0.159. The fourth-order valence-corrected chi connectivity index (χ4v) is 3.95. The van der Waals surface area contributed by atoms with E-state index in [1.165, 1.54) is 43.5 Å². The van der Waals surface area contributed by atoms with Crippen LogP contribution in [0.4, 0.5) is 0 Å². The summed E-state index contributed by atoms with van der Waals surface area (Å²) >= 11 is 0. The minimum atomic E-state index is 0.159. The van der Waals surface area contributed by atoms with Gasteiger partial charge in [-0.25, -0.2) is 4.99 Å². The second-order valence-corrected chi connectivity index (χ2v) is 7.82. The lowest BCUT2D eigenvalue weighted by molar-refractivity contribution is -0.130. The number of likely N-dealkylation sites (tertiary alicyclic amines) is 1. The quantitative estimate of drug-likeness (QED) is 0.624. The van der Waals surface area contributed by atoms with Gasteiger partial charge >= 0.3 is 0 Å². The Morgan fingerprint density at radius 1 is 0.929 bits per heavy atom.